The van der Waals surface area contributed by atoms with Crippen molar-refractivity contribution in [3.8, 4) is 5.75 Å². The van der Waals surface area contributed by atoms with Crippen LogP contribution in [0, 0.1) is 0 Å². The number of pyridine rings is 1. The summed E-state index contributed by atoms with van der Waals surface area (Å²) in [5.41, 5.74) is 1.29. The molecule has 3 heteroatoms. The van der Waals surface area contributed by atoms with Crippen molar-refractivity contribution in [1.29, 1.82) is 0 Å². The van der Waals surface area contributed by atoms with Gasteiger partial charge in [0, 0.05) is 17.1 Å². The molecule has 15 heavy (non-hydrogen) atoms. The lowest BCUT2D eigenvalue weighted by atomic mass is 10.1. The van der Waals surface area contributed by atoms with Crippen LogP contribution >= 0.6 is 11.6 Å². The zero-order valence-corrected chi connectivity index (χ0v) is 8.83. The fraction of sp³-hybridized carbons (Fsp3) is 0.0833. The Morgan fingerprint density at radius 3 is 3.07 bits per heavy atom. The van der Waals surface area contributed by atoms with Crippen molar-refractivity contribution >= 4 is 22.5 Å². The first-order valence-electron chi connectivity index (χ1n) is 4.60. The largest absolute Gasteiger partial charge is 0.505 e. The number of fused-ring (bicyclic) bond motifs is 1. The van der Waals surface area contributed by atoms with Crippen LogP contribution in [-0.2, 0) is 6.42 Å². The minimum atomic E-state index is 0.190. The van der Waals surface area contributed by atoms with Crippen LogP contribution in [0.1, 0.15) is 5.56 Å². The van der Waals surface area contributed by atoms with E-state index in [4.69, 9.17) is 11.6 Å². The Bertz CT molecular complexity index is 522. The fourth-order valence-corrected chi connectivity index (χ4v) is 1.83. The Morgan fingerprint density at radius 1 is 1.53 bits per heavy atom. The first-order chi connectivity index (χ1) is 7.24. The molecule has 0 aliphatic heterocycles. The van der Waals surface area contributed by atoms with Crippen molar-refractivity contribution in [2.24, 2.45) is 0 Å². The topological polar surface area (TPSA) is 33.1 Å². The number of hydrogen-bond acceptors (Lipinski definition) is 2. The van der Waals surface area contributed by atoms with Gasteiger partial charge >= 0.3 is 0 Å². The van der Waals surface area contributed by atoms with Crippen molar-refractivity contribution in [1.82, 2.24) is 4.98 Å². The highest BCUT2D eigenvalue weighted by atomic mass is 35.5. The van der Waals surface area contributed by atoms with E-state index in [1.165, 1.54) is 0 Å². The van der Waals surface area contributed by atoms with Gasteiger partial charge in [-0.3, -0.25) is 4.98 Å². The van der Waals surface area contributed by atoms with Crippen LogP contribution in [0.2, 0.25) is 5.02 Å². The van der Waals surface area contributed by atoms with Crippen LogP contribution in [0.4, 0.5) is 0 Å². The van der Waals surface area contributed by atoms with E-state index in [2.05, 4.69) is 11.6 Å². The Labute approximate surface area is 92.8 Å². The molecular formula is C12H10ClNO. The molecule has 0 radical (unpaired) electrons. The minimum absolute atomic E-state index is 0.190. The van der Waals surface area contributed by atoms with E-state index in [0.717, 1.165) is 10.9 Å². The molecule has 0 atom stereocenters. The van der Waals surface area contributed by atoms with Crippen LogP contribution in [0.3, 0.4) is 0 Å². The lowest BCUT2D eigenvalue weighted by Crippen LogP contribution is -1.87. The number of benzene rings is 1. The summed E-state index contributed by atoms with van der Waals surface area (Å²) in [6.45, 7) is 3.63. The number of rotatable bonds is 2. The average Bonchev–Trinajstić information content (AvgIpc) is 2.26. The normalized spacial score (nSPS) is 10.5. The van der Waals surface area contributed by atoms with E-state index < -0.39 is 0 Å². The average molecular weight is 220 g/mol. The SMILES string of the molecule is C=CCc1cc(Cl)c2cccnc2c1O. The van der Waals surface area contributed by atoms with Crippen LogP contribution in [0.5, 0.6) is 5.75 Å². The summed E-state index contributed by atoms with van der Waals surface area (Å²) < 4.78 is 0. The molecule has 0 bridgehead atoms. The molecular weight excluding hydrogens is 210 g/mol. The van der Waals surface area contributed by atoms with Crippen LogP contribution in [0.25, 0.3) is 10.9 Å². The first-order valence-corrected chi connectivity index (χ1v) is 4.98. The molecule has 2 aromatic rings. The predicted molar refractivity (Wildman–Crippen MR) is 62.3 cm³/mol. The maximum atomic E-state index is 9.94. The highest BCUT2D eigenvalue weighted by molar-refractivity contribution is 6.35. The fourth-order valence-electron chi connectivity index (χ4n) is 1.55. The van der Waals surface area contributed by atoms with E-state index in [9.17, 15) is 5.11 Å². The first kappa shape index (κ1) is 9.99. The predicted octanol–water partition coefficient (Wildman–Crippen LogP) is 3.32. The summed E-state index contributed by atoms with van der Waals surface area (Å²) in [4.78, 5) is 4.12. The van der Waals surface area contributed by atoms with Gasteiger partial charge < -0.3 is 5.11 Å². The zero-order valence-electron chi connectivity index (χ0n) is 8.07. The summed E-state index contributed by atoms with van der Waals surface area (Å²) in [7, 11) is 0. The highest BCUT2D eigenvalue weighted by Crippen LogP contribution is 2.32. The van der Waals surface area contributed by atoms with Gasteiger partial charge in [-0.15, -0.1) is 6.58 Å². The number of phenolic OH excluding ortho intramolecular Hbond substituents is 1. The van der Waals surface area contributed by atoms with Gasteiger partial charge in [0.25, 0.3) is 0 Å². The van der Waals surface area contributed by atoms with Gasteiger partial charge in [0.1, 0.15) is 11.3 Å². The molecule has 2 rings (SSSR count). The van der Waals surface area contributed by atoms with Gasteiger partial charge in [-0.05, 0) is 24.6 Å². The van der Waals surface area contributed by atoms with Crippen LogP contribution in [0.15, 0.2) is 37.1 Å². The Balaban J connectivity index is 2.78. The maximum absolute atomic E-state index is 9.94. The van der Waals surface area contributed by atoms with Gasteiger partial charge in [0.2, 0.25) is 0 Å². The summed E-state index contributed by atoms with van der Waals surface area (Å²) in [6, 6.07) is 5.38. The second-order valence-corrected chi connectivity index (χ2v) is 3.67. The molecule has 0 aliphatic carbocycles. The van der Waals surface area contributed by atoms with Crippen LogP contribution in [-0.4, -0.2) is 10.1 Å². The number of phenols is 1. The molecule has 0 spiro atoms. The lowest BCUT2D eigenvalue weighted by molar-refractivity contribution is 0.475. The van der Waals surface area contributed by atoms with E-state index >= 15 is 0 Å². The highest BCUT2D eigenvalue weighted by Gasteiger charge is 2.09. The zero-order chi connectivity index (χ0) is 10.8. The van der Waals surface area contributed by atoms with Gasteiger partial charge in [0.05, 0.1) is 5.02 Å². The number of aromatic hydroxyl groups is 1. The van der Waals surface area contributed by atoms with Gasteiger partial charge in [0.15, 0.2) is 0 Å². The minimum Gasteiger partial charge on any atom is -0.505 e. The second-order valence-electron chi connectivity index (χ2n) is 3.26. The molecule has 1 heterocycles. The third kappa shape index (κ3) is 1.68. The Morgan fingerprint density at radius 2 is 2.33 bits per heavy atom. The van der Waals surface area contributed by atoms with Crippen molar-refractivity contribution in [3.05, 3.63) is 47.6 Å². The molecule has 0 unspecified atom stereocenters. The van der Waals surface area contributed by atoms with Gasteiger partial charge in [-0.1, -0.05) is 17.7 Å². The van der Waals surface area contributed by atoms with Crippen molar-refractivity contribution in [3.63, 3.8) is 0 Å². The Hall–Kier alpha value is -1.54. The van der Waals surface area contributed by atoms with E-state index in [1.54, 1.807) is 24.4 Å². The van der Waals surface area contributed by atoms with Crippen LogP contribution < -0.4 is 0 Å². The summed E-state index contributed by atoms with van der Waals surface area (Å²) in [5.74, 6) is 0.190. The second kappa shape index (κ2) is 3.91. The Kier molecular flexibility index (Phi) is 2.60. The molecule has 0 amide bonds. The molecule has 0 saturated carbocycles. The molecule has 0 fully saturated rings. The summed E-state index contributed by atoms with van der Waals surface area (Å²) in [5, 5.41) is 11.3. The molecule has 0 saturated heterocycles. The lowest BCUT2D eigenvalue weighted by Gasteiger charge is -2.07. The van der Waals surface area contributed by atoms with Crippen molar-refractivity contribution in [2.75, 3.05) is 0 Å². The van der Waals surface area contributed by atoms with E-state index in [0.29, 0.717) is 17.0 Å². The van der Waals surface area contributed by atoms with E-state index in [1.807, 2.05) is 6.07 Å². The molecule has 1 N–H and O–H groups in total. The number of aromatic nitrogens is 1. The van der Waals surface area contributed by atoms with Crippen molar-refractivity contribution in [2.45, 2.75) is 6.42 Å². The molecule has 1 aromatic carbocycles. The number of halogens is 1. The number of hydrogen-bond donors (Lipinski definition) is 1. The molecule has 2 nitrogen and oxygen atoms in total. The molecule has 0 aliphatic rings. The maximum Gasteiger partial charge on any atom is 0.145 e. The quantitative estimate of drug-likeness (QED) is 0.786. The number of nitrogens with zero attached hydrogens (tertiary/aromatic N) is 1. The summed E-state index contributed by atoms with van der Waals surface area (Å²) >= 11 is 6.08. The number of allylic oxidation sites excluding steroid dienone is 1. The molecule has 1 aromatic heterocycles. The van der Waals surface area contributed by atoms with Gasteiger partial charge in [-0.2, -0.15) is 0 Å². The van der Waals surface area contributed by atoms with Gasteiger partial charge in [-0.25, -0.2) is 0 Å². The third-order valence-electron chi connectivity index (χ3n) is 2.26. The van der Waals surface area contributed by atoms with Crippen molar-refractivity contribution < 1.29 is 5.11 Å². The third-order valence-corrected chi connectivity index (χ3v) is 2.57. The smallest absolute Gasteiger partial charge is 0.145 e. The summed E-state index contributed by atoms with van der Waals surface area (Å²) in [6.07, 6.45) is 3.94. The van der Waals surface area contributed by atoms with E-state index in [-0.39, 0.29) is 5.75 Å². The monoisotopic (exact) mass is 219 g/mol. The standard InChI is InChI=1S/C12H10ClNO/c1-2-4-8-7-10(13)9-5-3-6-14-11(9)12(8)15/h2-3,5-7,15H,1,4H2. The molecule has 76 valence electrons.